The number of aromatic nitrogens is 4. The van der Waals surface area contributed by atoms with Gasteiger partial charge in [-0.3, -0.25) is 14.0 Å². The molecule has 0 bridgehead atoms. The highest BCUT2D eigenvalue weighted by atomic mass is 79.9. The lowest BCUT2D eigenvalue weighted by Crippen LogP contribution is -2.28. The van der Waals surface area contributed by atoms with Crippen molar-refractivity contribution in [3.63, 3.8) is 0 Å². The van der Waals surface area contributed by atoms with Gasteiger partial charge in [0.05, 0.1) is 29.7 Å². The number of benzene rings is 1. The second-order valence-corrected chi connectivity index (χ2v) is 6.66. The Hall–Kier alpha value is -2.19. The van der Waals surface area contributed by atoms with Crippen LogP contribution in [0.4, 0.5) is 5.95 Å². The molecule has 0 saturated heterocycles. The van der Waals surface area contributed by atoms with Crippen molar-refractivity contribution >= 4 is 32.8 Å². The number of aliphatic hydroxyl groups excluding tert-OH is 1. The summed E-state index contributed by atoms with van der Waals surface area (Å²) in [5.41, 5.74) is 1.37. The minimum atomic E-state index is -0.547. The number of rotatable bonds is 5. The van der Waals surface area contributed by atoms with Gasteiger partial charge < -0.3 is 10.4 Å². The fourth-order valence-electron chi connectivity index (χ4n) is 2.45. The van der Waals surface area contributed by atoms with E-state index in [0.29, 0.717) is 29.9 Å². The maximum Gasteiger partial charge on any atom is 0.263 e. The number of hydrogen-bond acceptors (Lipinski definition) is 5. The molecule has 0 aliphatic carbocycles. The van der Waals surface area contributed by atoms with Gasteiger partial charge in [-0.15, -0.1) is 0 Å². The highest BCUT2D eigenvalue weighted by Crippen LogP contribution is 2.18. The fraction of sp³-hybridized carbons (Fsp3) is 0.312. The van der Waals surface area contributed by atoms with Crippen molar-refractivity contribution in [1.29, 1.82) is 0 Å². The maximum absolute atomic E-state index is 12.9. The number of halogens is 1. The van der Waals surface area contributed by atoms with Crippen molar-refractivity contribution in [1.82, 2.24) is 19.3 Å². The third-order valence-electron chi connectivity index (χ3n) is 3.57. The van der Waals surface area contributed by atoms with Crippen molar-refractivity contribution < 1.29 is 5.11 Å². The summed E-state index contributed by atoms with van der Waals surface area (Å²) < 4.78 is 4.08. The summed E-state index contributed by atoms with van der Waals surface area (Å²) in [4.78, 5) is 17.5. The van der Waals surface area contributed by atoms with Crippen LogP contribution in [0.1, 0.15) is 12.5 Å². The van der Waals surface area contributed by atoms with Crippen LogP contribution in [0.25, 0.3) is 10.9 Å². The minimum Gasteiger partial charge on any atom is -0.392 e. The number of hydrogen-bond donors (Lipinski definition) is 2. The van der Waals surface area contributed by atoms with Crippen LogP contribution in [0, 0.1) is 0 Å². The molecule has 126 valence electrons. The van der Waals surface area contributed by atoms with E-state index in [-0.39, 0.29) is 5.56 Å². The molecule has 2 aromatic heterocycles. The summed E-state index contributed by atoms with van der Waals surface area (Å²) in [6.07, 6.45) is 3.03. The number of aryl methyl sites for hydroxylation is 1. The average molecular weight is 392 g/mol. The first kappa shape index (κ1) is 16.7. The van der Waals surface area contributed by atoms with Crippen LogP contribution >= 0.6 is 15.9 Å². The lowest BCUT2D eigenvalue weighted by molar-refractivity contribution is 0.208. The molecule has 0 aliphatic heterocycles. The molecule has 0 unspecified atom stereocenters. The molecule has 1 atom stereocenters. The smallest absolute Gasteiger partial charge is 0.263 e. The lowest BCUT2D eigenvalue weighted by Gasteiger charge is -2.15. The largest absolute Gasteiger partial charge is 0.392 e. The first-order chi connectivity index (χ1) is 11.4. The highest BCUT2D eigenvalue weighted by molar-refractivity contribution is 9.10. The van der Waals surface area contributed by atoms with E-state index in [2.05, 4.69) is 31.3 Å². The van der Waals surface area contributed by atoms with E-state index in [9.17, 15) is 9.90 Å². The summed E-state index contributed by atoms with van der Waals surface area (Å²) in [5, 5.41) is 17.2. The van der Waals surface area contributed by atoms with Gasteiger partial charge in [0.1, 0.15) is 0 Å². The van der Waals surface area contributed by atoms with Crippen LogP contribution in [0.3, 0.4) is 0 Å². The van der Waals surface area contributed by atoms with Gasteiger partial charge in [-0.05, 0) is 25.1 Å². The Morgan fingerprint density at radius 2 is 2.21 bits per heavy atom. The number of anilines is 1. The normalized spacial score (nSPS) is 12.5. The van der Waals surface area contributed by atoms with Crippen LogP contribution in [-0.2, 0) is 13.6 Å². The second-order valence-electron chi connectivity index (χ2n) is 5.74. The van der Waals surface area contributed by atoms with Crippen LogP contribution in [0.5, 0.6) is 0 Å². The predicted molar refractivity (Wildman–Crippen MR) is 96.2 cm³/mol. The quantitative estimate of drug-likeness (QED) is 0.691. The van der Waals surface area contributed by atoms with E-state index in [1.54, 1.807) is 34.5 Å². The molecule has 1 aromatic carbocycles. The van der Waals surface area contributed by atoms with Crippen molar-refractivity contribution in [2.45, 2.75) is 19.6 Å². The molecular formula is C16H18BrN5O2. The Labute approximate surface area is 147 Å². The molecule has 8 heteroatoms. The van der Waals surface area contributed by atoms with Crippen LogP contribution in [0.15, 0.2) is 39.9 Å². The van der Waals surface area contributed by atoms with Crippen molar-refractivity contribution in [3.05, 3.63) is 51.0 Å². The Kier molecular flexibility index (Phi) is 4.68. The van der Waals surface area contributed by atoms with E-state index in [4.69, 9.17) is 0 Å². The van der Waals surface area contributed by atoms with E-state index in [0.717, 1.165) is 10.0 Å². The van der Waals surface area contributed by atoms with Gasteiger partial charge in [-0.25, -0.2) is 4.98 Å². The molecule has 0 amide bonds. The molecule has 3 rings (SSSR count). The summed E-state index contributed by atoms with van der Waals surface area (Å²) in [5.74, 6) is 0.430. The molecule has 7 nitrogen and oxygen atoms in total. The van der Waals surface area contributed by atoms with Crippen LogP contribution in [0.2, 0.25) is 0 Å². The van der Waals surface area contributed by atoms with Gasteiger partial charge >= 0.3 is 0 Å². The zero-order valence-corrected chi connectivity index (χ0v) is 15.0. The second kappa shape index (κ2) is 6.74. The average Bonchev–Trinajstić information content (AvgIpc) is 2.94. The fourth-order valence-corrected chi connectivity index (χ4v) is 2.81. The van der Waals surface area contributed by atoms with Crippen LogP contribution in [-0.4, -0.2) is 37.1 Å². The van der Waals surface area contributed by atoms with E-state index < -0.39 is 6.10 Å². The highest BCUT2D eigenvalue weighted by Gasteiger charge is 2.13. The molecule has 2 N–H and O–H groups in total. The number of fused-ring (bicyclic) bond motifs is 1. The summed E-state index contributed by atoms with van der Waals surface area (Å²) >= 11 is 3.39. The Bertz CT molecular complexity index is 932. The molecule has 3 aromatic rings. The third-order valence-corrected chi connectivity index (χ3v) is 4.06. The van der Waals surface area contributed by atoms with Crippen molar-refractivity contribution in [2.75, 3.05) is 11.9 Å². The zero-order valence-electron chi connectivity index (χ0n) is 13.4. The van der Waals surface area contributed by atoms with Crippen LogP contribution < -0.4 is 10.9 Å². The molecule has 0 spiro atoms. The zero-order chi connectivity index (χ0) is 17.3. The number of nitrogens with zero attached hydrogens (tertiary/aromatic N) is 4. The van der Waals surface area contributed by atoms with Crippen molar-refractivity contribution in [3.8, 4) is 0 Å². The van der Waals surface area contributed by atoms with Gasteiger partial charge in [0.15, 0.2) is 0 Å². The standard InChI is InChI=1S/C16H18BrN5O2/c1-10(23)6-18-16-20-14-4-3-12(17)5-13(14)15(24)22(16)9-11-7-19-21(2)8-11/h3-5,7-8,10,23H,6,9H2,1-2H3,(H,18,20)/t10-/m0/s1. The predicted octanol–water partition coefficient (Wildman–Crippen LogP) is 1.73. The molecular weight excluding hydrogens is 374 g/mol. The Balaban J connectivity index is 2.12. The molecule has 0 fully saturated rings. The Morgan fingerprint density at radius 1 is 1.42 bits per heavy atom. The van der Waals surface area contributed by atoms with E-state index in [1.807, 2.05) is 19.3 Å². The van der Waals surface area contributed by atoms with Gasteiger partial charge in [0, 0.05) is 29.8 Å². The number of aliphatic hydroxyl groups is 1. The molecule has 2 heterocycles. The van der Waals surface area contributed by atoms with Gasteiger partial charge in [0.2, 0.25) is 5.95 Å². The topological polar surface area (TPSA) is 85.0 Å². The summed E-state index contributed by atoms with van der Waals surface area (Å²) in [6.45, 7) is 2.33. The maximum atomic E-state index is 12.9. The summed E-state index contributed by atoms with van der Waals surface area (Å²) in [6, 6.07) is 5.41. The lowest BCUT2D eigenvalue weighted by atomic mass is 10.2. The van der Waals surface area contributed by atoms with E-state index in [1.165, 1.54) is 0 Å². The molecule has 0 saturated carbocycles. The third kappa shape index (κ3) is 3.49. The number of nitrogens with one attached hydrogen (secondary N) is 1. The van der Waals surface area contributed by atoms with Gasteiger partial charge in [-0.2, -0.15) is 5.10 Å². The first-order valence-corrected chi connectivity index (χ1v) is 8.33. The van der Waals surface area contributed by atoms with Gasteiger partial charge in [-0.1, -0.05) is 15.9 Å². The molecule has 0 radical (unpaired) electrons. The van der Waals surface area contributed by atoms with E-state index >= 15 is 0 Å². The monoisotopic (exact) mass is 391 g/mol. The summed E-state index contributed by atoms with van der Waals surface area (Å²) in [7, 11) is 1.83. The minimum absolute atomic E-state index is 0.141. The SMILES string of the molecule is C[C@H](O)CNc1nc2ccc(Br)cc2c(=O)n1Cc1cnn(C)c1. The Morgan fingerprint density at radius 3 is 2.88 bits per heavy atom. The first-order valence-electron chi connectivity index (χ1n) is 7.53. The molecule has 0 aliphatic rings. The van der Waals surface area contributed by atoms with Crippen molar-refractivity contribution in [2.24, 2.45) is 7.05 Å². The van der Waals surface area contributed by atoms with Gasteiger partial charge in [0.25, 0.3) is 5.56 Å². The molecule has 24 heavy (non-hydrogen) atoms.